The number of hydrogen-bond acceptors (Lipinski definition) is 3. The van der Waals surface area contributed by atoms with E-state index < -0.39 is 0 Å². The molecule has 0 spiro atoms. The second-order valence-corrected chi connectivity index (χ2v) is 6.71. The second-order valence-electron chi connectivity index (χ2n) is 5.00. The molecule has 0 fully saturated rings. The first-order chi connectivity index (χ1) is 9.93. The molecule has 0 aliphatic heterocycles. The molecule has 1 aromatic carbocycles. The summed E-state index contributed by atoms with van der Waals surface area (Å²) in [7, 11) is 3.62. The minimum atomic E-state index is 0.248. The van der Waals surface area contributed by atoms with Crippen LogP contribution in [0.25, 0.3) is 0 Å². The Morgan fingerprint density at radius 1 is 1.33 bits per heavy atom. The van der Waals surface area contributed by atoms with Crippen molar-refractivity contribution in [1.29, 1.82) is 0 Å². The van der Waals surface area contributed by atoms with Gasteiger partial charge in [-0.1, -0.05) is 0 Å². The van der Waals surface area contributed by atoms with Crippen LogP contribution in [0, 0.1) is 6.92 Å². The minimum absolute atomic E-state index is 0.248. The Morgan fingerprint density at radius 3 is 2.43 bits per heavy atom. The molecule has 114 valence electrons. The normalized spacial score (nSPS) is 12.5. The van der Waals surface area contributed by atoms with Gasteiger partial charge in [-0.2, -0.15) is 5.10 Å². The zero-order valence-electron chi connectivity index (χ0n) is 12.6. The third-order valence-electron chi connectivity index (χ3n) is 3.61. The minimum Gasteiger partial charge on any atom is -0.494 e. The van der Waals surface area contributed by atoms with E-state index in [9.17, 15) is 0 Å². The molecule has 1 unspecified atom stereocenters. The highest BCUT2D eigenvalue weighted by molar-refractivity contribution is 9.11. The highest BCUT2D eigenvalue weighted by Gasteiger charge is 2.13. The van der Waals surface area contributed by atoms with Crippen molar-refractivity contribution in [3.63, 3.8) is 0 Å². The van der Waals surface area contributed by atoms with Crippen LogP contribution < -0.4 is 10.1 Å². The summed E-state index contributed by atoms with van der Waals surface area (Å²) in [5, 5.41) is 7.81. The molecule has 0 aliphatic carbocycles. The van der Waals surface area contributed by atoms with E-state index in [1.807, 2.05) is 17.9 Å². The lowest BCUT2D eigenvalue weighted by Crippen LogP contribution is -2.18. The summed E-state index contributed by atoms with van der Waals surface area (Å²) in [5.74, 6) is 0.815. The van der Waals surface area contributed by atoms with Gasteiger partial charge in [-0.05, 0) is 63.4 Å². The Morgan fingerprint density at radius 2 is 1.95 bits per heavy atom. The average molecular weight is 417 g/mol. The van der Waals surface area contributed by atoms with E-state index in [1.54, 1.807) is 7.11 Å². The average Bonchev–Trinajstić information content (AvgIpc) is 2.76. The van der Waals surface area contributed by atoms with Crippen LogP contribution in [0.5, 0.6) is 5.75 Å². The van der Waals surface area contributed by atoms with Crippen molar-refractivity contribution in [3.05, 3.63) is 44.1 Å². The van der Waals surface area contributed by atoms with Crippen LogP contribution in [-0.2, 0) is 13.6 Å². The first-order valence-electron chi connectivity index (χ1n) is 6.67. The number of hydrogen-bond donors (Lipinski definition) is 1. The number of benzene rings is 1. The van der Waals surface area contributed by atoms with Crippen molar-refractivity contribution >= 4 is 31.9 Å². The van der Waals surface area contributed by atoms with E-state index in [-0.39, 0.29) is 6.04 Å². The quantitative estimate of drug-likeness (QED) is 0.796. The number of nitrogens with one attached hydrogen (secondary N) is 1. The van der Waals surface area contributed by atoms with Crippen LogP contribution >= 0.6 is 31.9 Å². The first-order valence-corrected chi connectivity index (χ1v) is 8.26. The largest absolute Gasteiger partial charge is 0.494 e. The van der Waals surface area contributed by atoms with Gasteiger partial charge in [0.2, 0.25) is 0 Å². The van der Waals surface area contributed by atoms with Crippen LogP contribution in [0.1, 0.15) is 29.8 Å². The maximum absolute atomic E-state index is 5.32. The number of rotatable bonds is 5. The number of ether oxygens (including phenoxy) is 1. The molecule has 21 heavy (non-hydrogen) atoms. The van der Waals surface area contributed by atoms with E-state index in [1.165, 1.54) is 16.8 Å². The van der Waals surface area contributed by atoms with Crippen LogP contribution in [0.3, 0.4) is 0 Å². The van der Waals surface area contributed by atoms with Gasteiger partial charge in [-0.15, -0.1) is 0 Å². The van der Waals surface area contributed by atoms with Gasteiger partial charge in [-0.25, -0.2) is 0 Å². The number of nitrogens with zero attached hydrogens (tertiary/aromatic N) is 2. The third kappa shape index (κ3) is 3.67. The van der Waals surface area contributed by atoms with Gasteiger partial charge in [0.1, 0.15) is 5.75 Å². The topological polar surface area (TPSA) is 39.1 Å². The van der Waals surface area contributed by atoms with E-state index in [0.29, 0.717) is 0 Å². The van der Waals surface area contributed by atoms with Gasteiger partial charge in [0.25, 0.3) is 0 Å². The van der Waals surface area contributed by atoms with Crippen molar-refractivity contribution in [2.24, 2.45) is 7.05 Å². The maximum atomic E-state index is 5.32. The van der Waals surface area contributed by atoms with Crippen molar-refractivity contribution in [3.8, 4) is 5.75 Å². The van der Waals surface area contributed by atoms with Crippen molar-refractivity contribution in [1.82, 2.24) is 15.1 Å². The molecule has 1 N–H and O–H groups in total. The lowest BCUT2D eigenvalue weighted by molar-refractivity contribution is 0.409. The van der Waals surface area contributed by atoms with E-state index in [2.05, 4.69) is 68.3 Å². The molecule has 0 saturated carbocycles. The molecule has 0 aliphatic rings. The van der Waals surface area contributed by atoms with Crippen molar-refractivity contribution in [2.45, 2.75) is 26.4 Å². The van der Waals surface area contributed by atoms with Gasteiger partial charge in [0.15, 0.2) is 0 Å². The lowest BCUT2D eigenvalue weighted by atomic mass is 10.1. The molecular formula is C15H19Br2N3O. The zero-order valence-corrected chi connectivity index (χ0v) is 15.7. The molecule has 2 aromatic rings. The fourth-order valence-electron chi connectivity index (χ4n) is 2.23. The predicted octanol–water partition coefficient (Wildman–Crippen LogP) is 4.11. The van der Waals surface area contributed by atoms with Crippen molar-refractivity contribution in [2.75, 3.05) is 7.11 Å². The van der Waals surface area contributed by atoms with Crippen LogP contribution in [0.2, 0.25) is 0 Å². The maximum Gasteiger partial charge on any atom is 0.147 e. The van der Waals surface area contributed by atoms with Gasteiger partial charge in [0, 0.05) is 30.9 Å². The summed E-state index contributed by atoms with van der Waals surface area (Å²) < 4.78 is 9.11. The summed E-state index contributed by atoms with van der Waals surface area (Å²) in [6.07, 6.45) is 1.92. The first kappa shape index (κ1) is 16.5. The summed E-state index contributed by atoms with van der Waals surface area (Å²) in [6, 6.07) is 4.39. The molecule has 1 aromatic heterocycles. The molecule has 2 rings (SSSR count). The Kier molecular flexibility index (Phi) is 5.46. The predicted molar refractivity (Wildman–Crippen MR) is 91.6 cm³/mol. The highest BCUT2D eigenvalue weighted by Crippen LogP contribution is 2.34. The highest BCUT2D eigenvalue weighted by atomic mass is 79.9. The summed E-state index contributed by atoms with van der Waals surface area (Å²) in [5.41, 5.74) is 3.60. The number of aromatic nitrogens is 2. The van der Waals surface area contributed by atoms with Crippen LogP contribution in [0.15, 0.2) is 27.3 Å². The Labute approximate surface area is 142 Å². The molecule has 0 saturated heterocycles. The second kappa shape index (κ2) is 6.94. The molecule has 4 nitrogen and oxygen atoms in total. The molecule has 0 radical (unpaired) electrons. The SMILES string of the molecule is COc1c(Br)cc(CNC(C)c2cnn(C)c2C)cc1Br. The van der Waals surface area contributed by atoms with Gasteiger partial charge < -0.3 is 10.1 Å². The molecule has 1 heterocycles. The zero-order chi connectivity index (χ0) is 15.6. The smallest absolute Gasteiger partial charge is 0.147 e. The van der Waals surface area contributed by atoms with Crippen LogP contribution in [0.4, 0.5) is 0 Å². The summed E-state index contributed by atoms with van der Waals surface area (Å²) in [4.78, 5) is 0. The monoisotopic (exact) mass is 415 g/mol. The Bertz CT molecular complexity index is 617. The fraction of sp³-hybridized carbons (Fsp3) is 0.400. The molecule has 1 atom stereocenters. The van der Waals surface area contributed by atoms with Gasteiger partial charge >= 0.3 is 0 Å². The molecule has 0 amide bonds. The standard InChI is InChI=1S/C15H19Br2N3O/c1-9(12-8-19-20(3)10(12)2)18-7-11-5-13(16)15(21-4)14(17)6-11/h5-6,8-9,18H,7H2,1-4H3. The third-order valence-corrected chi connectivity index (χ3v) is 4.79. The number of halogens is 2. The molecular weight excluding hydrogens is 398 g/mol. The summed E-state index contributed by atoms with van der Waals surface area (Å²) >= 11 is 7.06. The number of methoxy groups -OCH3 is 1. The number of aryl methyl sites for hydroxylation is 1. The lowest BCUT2D eigenvalue weighted by Gasteiger charge is -2.15. The van der Waals surface area contributed by atoms with Crippen molar-refractivity contribution < 1.29 is 4.74 Å². The Balaban J connectivity index is 2.08. The van der Waals surface area contributed by atoms with Crippen LogP contribution in [-0.4, -0.2) is 16.9 Å². The Hall–Kier alpha value is -0.850. The molecule has 6 heteroatoms. The van der Waals surface area contributed by atoms with E-state index in [0.717, 1.165) is 21.2 Å². The van der Waals surface area contributed by atoms with Gasteiger partial charge in [0.05, 0.1) is 22.3 Å². The van der Waals surface area contributed by atoms with Gasteiger partial charge in [-0.3, -0.25) is 4.68 Å². The summed E-state index contributed by atoms with van der Waals surface area (Å²) in [6.45, 7) is 5.01. The fourth-order valence-corrected chi connectivity index (χ4v) is 3.84. The molecule has 0 bridgehead atoms. The van der Waals surface area contributed by atoms with E-state index >= 15 is 0 Å². The van der Waals surface area contributed by atoms with E-state index in [4.69, 9.17) is 4.74 Å².